The van der Waals surface area contributed by atoms with Crippen molar-refractivity contribution in [1.82, 2.24) is 5.32 Å². The standard InChI is InChI=1S/C11H21N3O3/c1-3-4-8(7-17-2)13-10(15)11(5-6-11)9(12)14-16/h8,16H,3-7H2,1-2H3,(H2,12,14)(H,13,15). The summed E-state index contributed by atoms with van der Waals surface area (Å²) in [6, 6.07) is -0.0125. The third-order valence-electron chi connectivity index (χ3n) is 3.12. The van der Waals surface area contributed by atoms with E-state index in [-0.39, 0.29) is 17.8 Å². The van der Waals surface area contributed by atoms with Crippen molar-refractivity contribution in [2.75, 3.05) is 13.7 Å². The van der Waals surface area contributed by atoms with Crippen LogP contribution in [0.1, 0.15) is 32.6 Å². The van der Waals surface area contributed by atoms with Crippen LogP contribution in [0, 0.1) is 5.41 Å². The summed E-state index contributed by atoms with van der Waals surface area (Å²) in [7, 11) is 1.60. The van der Waals surface area contributed by atoms with Gasteiger partial charge in [-0.1, -0.05) is 18.5 Å². The van der Waals surface area contributed by atoms with Crippen molar-refractivity contribution < 1.29 is 14.7 Å². The second-order valence-corrected chi connectivity index (χ2v) is 4.48. The molecule has 98 valence electrons. The quantitative estimate of drug-likeness (QED) is 0.262. The molecule has 1 aliphatic carbocycles. The lowest BCUT2D eigenvalue weighted by molar-refractivity contribution is -0.125. The zero-order valence-corrected chi connectivity index (χ0v) is 10.4. The van der Waals surface area contributed by atoms with Crippen molar-refractivity contribution in [2.45, 2.75) is 38.6 Å². The van der Waals surface area contributed by atoms with Gasteiger partial charge in [0.2, 0.25) is 5.91 Å². The van der Waals surface area contributed by atoms with Crippen LogP contribution in [0.3, 0.4) is 0 Å². The Morgan fingerprint density at radius 2 is 2.29 bits per heavy atom. The Hall–Kier alpha value is -1.30. The van der Waals surface area contributed by atoms with E-state index >= 15 is 0 Å². The predicted molar refractivity (Wildman–Crippen MR) is 63.8 cm³/mol. The van der Waals surface area contributed by atoms with Gasteiger partial charge in [0, 0.05) is 7.11 Å². The maximum Gasteiger partial charge on any atom is 0.234 e. The summed E-state index contributed by atoms with van der Waals surface area (Å²) in [5.41, 5.74) is 4.76. The number of methoxy groups -OCH3 is 1. The second kappa shape index (κ2) is 5.86. The Labute approximate surface area is 101 Å². The van der Waals surface area contributed by atoms with Crippen LogP contribution in [0.25, 0.3) is 0 Å². The Bertz CT molecular complexity index is 294. The van der Waals surface area contributed by atoms with Crippen LogP contribution < -0.4 is 11.1 Å². The number of nitrogens with one attached hydrogen (secondary N) is 1. The molecule has 6 heteroatoms. The molecule has 1 rings (SSSR count). The largest absolute Gasteiger partial charge is 0.409 e. The van der Waals surface area contributed by atoms with E-state index in [1.807, 2.05) is 6.92 Å². The highest BCUT2D eigenvalue weighted by Crippen LogP contribution is 2.46. The van der Waals surface area contributed by atoms with Crippen LogP contribution in [0.15, 0.2) is 5.16 Å². The number of amides is 1. The molecule has 1 aliphatic rings. The van der Waals surface area contributed by atoms with Gasteiger partial charge in [0.25, 0.3) is 0 Å². The first kappa shape index (κ1) is 13.8. The molecule has 0 bridgehead atoms. The number of nitrogens with two attached hydrogens (primary N) is 1. The lowest BCUT2D eigenvalue weighted by Crippen LogP contribution is -2.46. The molecular formula is C11H21N3O3. The van der Waals surface area contributed by atoms with Crippen LogP contribution >= 0.6 is 0 Å². The monoisotopic (exact) mass is 243 g/mol. The van der Waals surface area contributed by atoms with Crippen LogP contribution in [0.4, 0.5) is 0 Å². The van der Waals surface area contributed by atoms with Gasteiger partial charge in [0.05, 0.1) is 12.6 Å². The Kier molecular flexibility index (Phi) is 4.74. The number of oxime groups is 1. The molecule has 0 aliphatic heterocycles. The highest BCUT2D eigenvalue weighted by molar-refractivity contribution is 6.09. The maximum atomic E-state index is 12.0. The molecule has 4 N–H and O–H groups in total. The van der Waals surface area contributed by atoms with Gasteiger partial charge in [0.1, 0.15) is 5.41 Å². The zero-order chi connectivity index (χ0) is 12.9. The highest BCUT2D eigenvalue weighted by atomic mass is 16.5. The number of ether oxygens (including phenoxy) is 1. The third-order valence-corrected chi connectivity index (χ3v) is 3.12. The summed E-state index contributed by atoms with van der Waals surface area (Å²) >= 11 is 0. The Morgan fingerprint density at radius 3 is 2.71 bits per heavy atom. The number of nitrogens with zero attached hydrogens (tertiary/aromatic N) is 1. The van der Waals surface area contributed by atoms with E-state index < -0.39 is 5.41 Å². The molecule has 0 aromatic carbocycles. The van der Waals surface area contributed by atoms with Crippen molar-refractivity contribution in [3.63, 3.8) is 0 Å². The Morgan fingerprint density at radius 1 is 1.65 bits per heavy atom. The molecule has 1 saturated carbocycles. The van der Waals surface area contributed by atoms with Gasteiger partial charge in [-0.15, -0.1) is 0 Å². The van der Waals surface area contributed by atoms with Gasteiger partial charge in [-0.05, 0) is 19.3 Å². The molecule has 6 nitrogen and oxygen atoms in total. The van der Waals surface area contributed by atoms with Gasteiger partial charge < -0.3 is 21.0 Å². The molecule has 1 fully saturated rings. The number of hydrogen-bond acceptors (Lipinski definition) is 4. The molecule has 17 heavy (non-hydrogen) atoms. The van der Waals surface area contributed by atoms with E-state index in [0.29, 0.717) is 19.4 Å². The summed E-state index contributed by atoms with van der Waals surface area (Å²) in [5, 5.41) is 14.5. The molecule has 0 spiro atoms. The van der Waals surface area contributed by atoms with E-state index in [4.69, 9.17) is 15.7 Å². The minimum Gasteiger partial charge on any atom is -0.409 e. The molecule has 0 radical (unpaired) electrons. The van der Waals surface area contributed by atoms with E-state index in [9.17, 15) is 4.79 Å². The minimum absolute atomic E-state index is 0.00247. The van der Waals surface area contributed by atoms with E-state index in [1.165, 1.54) is 0 Å². The van der Waals surface area contributed by atoms with Gasteiger partial charge in [-0.2, -0.15) is 0 Å². The fraction of sp³-hybridized carbons (Fsp3) is 0.818. The van der Waals surface area contributed by atoms with Crippen molar-refractivity contribution in [3.8, 4) is 0 Å². The SMILES string of the molecule is CCCC(COC)NC(=O)C1(C(N)=NO)CC1. The summed E-state index contributed by atoms with van der Waals surface area (Å²) in [4.78, 5) is 12.0. The Balaban J connectivity index is 2.58. The van der Waals surface area contributed by atoms with E-state index in [2.05, 4.69) is 10.5 Å². The van der Waals surface area contributed by atoms with Crippen molar-refractivity contribution >= 4 is 11.7 Å². The third kappa shape index (κ3) is 3.09. The second-order valence-electron chi connectivity index (χ2n) is 4.48. The summed E-state index contributed by atoms with van der Waals surface area (Å²) in [6.45, 7) is 2.52. The van der Waals surface area contributed by atoms with Crippen molar-refractivity contribution in [1.29, 1.82) is 0 Å². The fourth-order valence-electron chi connectivity index (χ4n) is 1.89. The minimum atomic E-state index is -0.783. The van der Waals surface area contributed by atoms with Crippen molar-refractivity contribution in [3.05, 3.63) is 0 Å². The molecule has 1 atom stereocenters. The topological polar surface area (TPSA) is 96.9 Å². The van der Waals surface area contributed by atoms with Gasteiger partial charge in [-0.25, -0.2) is 0 Å². The summed E-state index contributed by atoms with van der Waals surface area (Å²) in [5.74, 6) is -0.161. The first-order valence-electron chi connectivity index (χ1n) is 5.88. The van der Waals surface area contributed by atoms with E-state index in [1.54, 1.807) is 7.11 Å². The summed E-state index contributed by atoms with van der Waals surface area (Å²) in [6.07, 6.45) is 3.10. The molecule has 0 heterocycles. The smallest absolute Gasteiger partial charge is 0.234 e. The molecule has 1 amide bonds. The molecule has 0 aromatic heterocycles. The highest BCUT2D eigenvalue weighted by Gasteiger charge is 2.54. The lowest BCUT2D eigenvalue weighted by Gasteiger charge is -2.20. The lowest BCUT2D eigenvalue weighted by atomic mass is 10.0. The van der Waals surface area contributed by atoms with Crippen LogP contribution in [-0.2, 0) is 9.53 Å². The molecular weight excluding hydrogens is 222 g/mol. The average Bonchev–Trinajstić information content (AvgIpc) is 3.10. The number of carbonyl (C=O) groups is 1. The average molecular weight is 243 g/mol. The maximum absolute atomic E-state index is 12.0. The number of hydrogen-bond donors (Lipinski definition) is 3. The van der Waals surface area contributed by atoms with Gasteiger partial charge >= 0.3 is 0 Å². The first-order chi connectivity index (χ1) is 8.10. The van der Waals surface area contributed by atoms with Crippen LogP contribution in [0.2, 0.25) is 0 Å². The number of carbonyl (C=O) groups excluding carboxylic acids is 1. The predicted octanol–water partition coefficient (Wildman–Crippen LogP) is 0.444. The molecule has 0 aromatic rings. The number of rotatable bonds is 7. The van der Waals surface area contributed by atoms with Crippen molar-refractivity contribution in [2.24, 2.45) is 16.3 Å². The molecule has 0 saturated heterocycles. The van der Waals surface area contributed by atoms with Crippen LogP contribution in [-0.4, -0.2) is 36.7 Å². The van der Waals surface area contributed by atoms with Gasteiger partial charge in [0.15, 0.2) is 5.84 Å². The van der Waals surface area contributed by atoms with E-state index in [0.717, 1.165) is 12.8 Å². The zero-order valence-electron chi connectivity index (χ0n) is 10.4. The molecule has 1 unspecified atom stereocenters. The number of amidine groups is 1. The van der Waals surface area contributed by atoms with Gasteiger partial charge in [-0.3, -0.25) is 4.79 Å². The first-order valence-corrected chi connectivity index (χ1v) is 5.88. The summed E-state index contributed by atoms with van der Waals surface area (Å²) < 4.78 is 5.05. The fourth-order valence-corrected chi connectivity index (χ4v) is 1.89. The normalized spacial score (nSPS) is 19.8. The van der Waals surface area contributed by atoms with Crippen LogP contribution in [0.5, 0.6) is 0 Å².